The molecular weight excluding hydrogens is 391 g/mol. The molecule has 0 aliphatic rings. The van der Waals surface area contributed by atoms with E-state index in [1.807, 2.05) is 6.92 Å². The number of rotatable bonds is 15. The van der Waals surface area contributed by atoms with E-state index in [1.54, 1.807) is 0 Å². The average molecular weight is 418 g/mol. The van der Waals surface area contributed by atoms with Crippen LogP contribution in [0.25, 0.3) is 0 Å². The fourth-order valence-electron chi connectivity index (χ4n) is 1.39. The Kier molecular flexibility index (Phi) is 13.4. The molecular formula is C14H27O12P. The van der Waals surface area contributed by atoms with Crippen LogP contribution in [0.2, 0.25) is 0 Å². The summed E-state index contributed by atoms with van der Waals surface area (Å²) in [4.78, 5) is 23.0. The van der Waals surface area contributed by atoms with Gasteiger partial charge in [-0.05, 0) is 13.3 Å². The van der Waals surface area contributed by atoms with Crippen LogP contribution in [0.3, 0.4) is 0 Å². The van der Waals surface area contributed by atoms with Crippen molar-refractivity contribution in [2.24, 2.45) is 0 Å². The molecule has 27 heavy (non-hydrogen) atoms. The molecule has 0 aliphatic heterocycles. The van der Waals surface area contributed by atoms with Crippen LogP contribution in [-0.2, 0) is 37.2 Å². The van der Waals surface area contributed by atoms with Crippen molar-refractivity contribution >= 4 is 19.8 Å². The SMILES string of the molecule is CCCCOCCOC(C)OP(=O)(OC(=O)C(O)CO)OC(=O)C(O)CO. The van der Waals surface area contributed by atoms with Gasteiger partial charge in [-0.1, -0.05) is 13.3 Å². The second-order valence-corrected chi connectivity index (χ2v) is 6.64. The van der Waals surface area contributed by atoms with Crippen LogP contribution >= 0.6 is 7.82 Å². The van der Waals surface area contributed by atoms with E-state index in [0.29, 0.717) is 6.61 Å². The number of carbonyl (C=O) groups is 2. The first-order chi connectivity index (χ1) is 12.7. The second kappa shape index (κ2) is 14.0. The summed E-state index contributed by atoms with van der Waals surface area (Å²) >= 11 is 0. The van der Waals surface area contributed by atoms with Gasteiger partial charge in [0.1, 0.15) is 0 Å². The summed E-state index contributed by atoms with van der Waals surface area (Å²) in [7, 11) is -5.00. The summed E-state index contributed by atoms with van der Waals surface area (Å²) in [5, 5.41) is 35.7. The van der Waals surface area contributed by atoms with Gasteiger partial charge in [-0.25, -0.2) is 18.7 Å². The molecule has 0 saturated carbocycles. The summed E-state index contributed by atoms with van der Waals surface area (Å²) in [6.45, 7) is 1.90. The number of carbonyl (C=O) groups excluding carboxylic acids is 2. The van der Waals surface area contributed by atoms with Crippen molar-refractivity contribution < 1.29 is 57.6 Å². The monoisotopic (exact) mass is 418 g/mol. The van der Waals surface area contributed by atoms with E-state index in [1.165, 1.54) is 6.92 Å². The van der Waals surface area contributed by atoms with Crippen LogP contribution < -0.4 is 0 Å². The molecule has 0 spiro atoms. The van der Waals surface area contributed by atoms with Crippen molar-refractivity contribution in [3.05, 3.63) is 0 Å². The number of unbranched alkanes of at least 4 members (excludes halogenated alkanes) is 1. The van der Waals surface area contributed by atoms with Crippen molar-refractivity contribution in [3.63, 3.8) is 0 Å². The smallest absolute Gasteiger partial charge is 0.393 e. The highest BCUT2D eigenvalue weighted by Gasteiger charge is 2.40. The van der Waals surface area contributed by atoms with E-state index in [9.17, 15) is 24.4 Å². The second-order valence-electron chi connectivity index (χ2n) is 5.17. The predicted octanol–water partition coefficient (Wildman–Crippen LogP) is -0.917. The lowest BCUT2D eigenvalue weighted by Crippen LogP contribution is -2.30. The Bertz CT molecular complexity index is 457. The van der Waals surface area contributed by atoms with Crippen LogP contribution in [0.5, 0.6) is 0 Å². The Balaban J connectivity index is 4.80. The molecule has 3 atom stereocenters. The number of hydrogen-bond acceptors (Lipinski definition) is 12. The highest BCUT2D eigenvalue weighted by Crippen LogP contribution is 2.51. The van der Waals surface area contributed by atoms with E-state index >= 15 is 0 Å². The topological polar surface area (TPSA) is 178 Å². The number of phosphoric acid groups is 1. The van der Waals surface area contributed by atoms with Gasteiger partial charge >= 0.3 is 19.8 Å². The normalized spacial score (nSPS) is 16.8. The molecule has 0 aliphatic carbocycles. The average Bonchev–Trinajstić information content (AvgIpc) is 2.62. The summed E-state index contributed by atoms with van der Waals surface area (Å²) in [6, 6.07) is 0. The van der Waals surface area contributed by atoms with E-state index in [0.717, 1.165) is 12.8 Å². The minimum absolute atomic E-state index is 0.0192. The third-order valence-electron chi connectivity index (χ3n) is 2.79. The minimum Gasteiger partial charge on any atom is -0.393 e. The maximum absolute atomic E-state index is 12.5. The van der Waals surface area contributed by atoms with Gasteiger partial charge < -0.3 is 38.9 Å². The van der Waals surface area contributed by atoms with Gasteiger partial charge in [0.15, 0.2) is 18.5 Å². The lowest BCUT2D eigenvalue weighted by molar-refractivity contribution is -0.157. The molecule has 0 aromatic rings. The highest BCUT2D eigenvalue weighted by molar-refractivity contribution is 7.49. The summed E-state index contributed by atoms with van der Waals surface area (Å²) in [6.07, 6.45) is -3.60. The van der Waals surface area contributed by atoms with E-state index < -0.39 is 51.5 Å². The van der Waals surface area contributed by atoms with Crippen molar-refractivity contribution in [1.82, 2.24) is 0 Å². The quantitative estimate of drug-likeness (QED) is 0.146. The van der Waals surface area contributed by atoms with Crippen LogP contribution in [0.1, 0.15) is 26.7 Å². The lowest BCUT2D eigenvalue weighted by atomic mass is 10.4. The molecule has 160 valence electrons. The molecule has 0 rings (SSSR count). The Morgan fingerprint density at radius 1 is 0.963 bits per heavy atom. The Labute approximate surface area is 156 Å². The van der Waals surface area contributed by atoms with Gasteiger partial charge in [-0.3, -0.25) is 0 Å². The van der Waals surface area contributed by atoms with Crippen molar-refractivity contribution in [3.8, 4) is 0 Å². The van der Waals surface area contributed by atoms with E-state index in [4.69, 9.17) is 24.2 Å². The van der Waals surface area contributed by atoms with E-state index in [-0.39, 0.29) is 13.2 Å². The van der Waals surface area contributed by atoms with Crippen LogP contribution in [-0.4, -0.2) is 83.9 Å². The van der Waals surface area contributed by atoms with Crippen LogP contribution in [0, 0.1) is 0 Å². The Morgan fingerprint density at radius 2 is 1.48 bits per heavy atom. The number of phosphoric ester groups is 1. The number of aliphatic hydroxyl groups is 4. The molecule has 0 heterocycles. The first kappa shape index (κ1) is 25.9. The molecule has 0 fully saturated rings. The molecule has 0 bridgehead atoms. The lowest BCUT2D eigenvalue weighted by Gasteiger charge is -2.22. The summed E-state index contributed by atoms with van der Waals surface area (Å²) in [5.74, 6) is -3.19. The summed E-state index contributed by atoms with van der Waals surface area (Å²) < 4.78 is 36.3. The van der Waals surface area contributed by atoms with Gasteiger partial charge in [-0.2, -0.15) is 0 Å². The Hall–Kier alpha value is -1.11. The number of aliphatic hydroxyl groups excluding tert-OH is 4. The molecule has 13 heteroatoms. The van der Waals surface area contributed by atoms with Gasteiger partial charge in [0.2, 0.25) is 0 Å². The fourth-order valence-corrected chi connectivity index (χ4v) is 2.62. The predicted molar refractivity (Wildman–Crippen MR) is 88.2 cm³/mol. The molecule has 0 aromatic heterocycles. The largest absolute Gasteiger partial charge is 0.594 e. The van der Waals surface area contributed by atoms with Crippen molar-refractivity contribution in [1.29, 1.82) is 0 Å². The first-order valence-electron chi connectivity index (χ1n) is 8.21. The summed E-state index contributed by atoms with van der Waals surface area (Å²) in [5.41, 5.74) is 0. The standard InChI is InChI=1S/C14H27O12P/c1-3-4-5-22-6-7-23-10(2)24-27(21,25-13(19)11(17)8-15)26-14(20)12(18)9-16/h10-12,15-18H,3-9H2,1-2H3. The number of ether oxygens (including phenoxy) is 2. The molecule has 4 N–H and O–H groups in total. The zero-order valence-electron chi connectivity index (χ0n) is 15.2. The molecule has 3 unspecified atom stereocenters. The molecule has 0 radical (unpaired) electrons. The highest BCUT2D eigenvalue weighted by atomic mass is 31.2. The third kappa shape index (κ3) is 11.4. The van der Waals surface area contributed by atoms with Crippen molar-refractivity contribution in [2.75, 3.05) is 33.0 Å². The zero-order chi connectivity index (χ0) is 20.9. The fraction of sp³-hybridized carbons (Fsp3) is 0.857. The Morgan fingerprint density at radius 3 is 1.93 bits per heavy atom. The first-order valence-corrected chi connectivity index (χ1v) is 9.67. The minimum atomic E-state index is -5.00. The maximum Gasteiger partial charge on any atom is 0.594 e. The molecule has 0 saturated heterocycles. The molecule has 12 nitrogen and oxygen atoms in total. The molecule has 0 amide bonds. The van der Waals surface area contributed by atoms with Gasteiger partial charge in [0, 0.05) is 6.61 Å². The van der Waals surface area contributed by atoms with Crippen LogP contribution in [0.4, 0.5) is 0 Å². The van der Waals surface area contributed by atoms with Crippen molar-refractivity contribution in [2.45, 2.75) is 45.2 Å². The van der Waals surface area contributed by atoms with Crippen LogP contribution in [0.15, 0.2) is 0 Å². The number of hydrogen-bond donors (Lipinski definition) is 4. The van der Waals surface area contributed by atoms with Gasteiger partial charge in [0.25, 0.3) is 0 Å². The van der Waals surface area contributed by atoms with Gasteiger partial charge in [0.05, 0.1) is 26.4 Å². The van der Waals surface area contributed by atoms with E-state index in [2.05, 4.69) is 9.05 Å². The molecule has 0 aromatic carbocycles. The van der Waals surface area contributed by atoms with Gasteiger partial charge in [-0.15, -0.1) is 0 Å². The third-order valence-corrected chi connectivity index (χ3v) is 4.16. The maximum atomic E-state index is 12.5. The zero-order valence-corrected chi connectivity index (χ0v) is 16.1.